The number of amides is 1. The van der Waals surface area contributed by atoms with Gasteiger partial charge in [0.25, 0.3) is 5.91 Å². The van der Waals surface area contributed by atoms with Gasteiger partial charge in [-0.05, 0) is 6.92 Å². The summed E-state index contributed by atoms with van der Waals surface area (Å²) in [5.74, 6) is -1.84. The molecule has 0 radical (unpaired) electrons. The summed E-state index contributed by atoms with van der Waals surface area (Å²) >= 11 is 0. The Morgan fingerprint density at radius 2 is 2.25 bits per heavy atom. The van der Waals surface area contributed by atoms with Crippen molar-refractivity contribution in [1.29, 1.82) is 0 Å². The van der Waals surface area contributed by atoms with Crippen molar-refractivity contribution in [2.45, 2.75) is 13.0 Å². The van der Waals surface area contributed by atoms with E-state index in [4.69, 9.17) is 10.2 Å². The molecule has 0 saturated carbocycles. The molecule has 7 heteroatoms. The quantitative estimate of drug-likeness (QED) is 0.606. The standard InChI is InChI=1S/C9H13N3O4/c1-5-6(3-10-12(5)2)8(14)11-7(4-13)9(15)16/h3,7,13H,4H2,1-2H3,(H,11,14)(H,15,16). The zero-order valence-corrected chi connectivity index (χ0v) is 8.97. The van der Waals surface area contributed by atoms with E-state index in [-0.39, 0.29) is 0 Å². The number of aliphatic hydroxyl groups excluding tert-OH is 1. The van der Waals surface area contributed by atoms with Crippen molar-refractivity contribution in [2.24, 2.45) is 7.05 Å². The molecule has 1 amide bonds. The van der Waals surface area contributed by atoms with E-state index in [9.17, 15) is 9.59 Å². The average Bonchev–Trinajstić information content (AvgIpc) is 2.55. The number of carbonyl (C=O) groups is 2. The summed E-state index contributed by atoms with van der Waals surface area (Å²) in [4.78, 5) is 22.2. The molecule has 0 bridgehead atoms. The highest BCUT2D eigenvalue weighted by molar-refractivity contribution is 5.97. The first-order valence-corrected chi connectivity index (χ1v) is 4.60. The molecule has 0 fully saturated rings. The number of aryl methyl sites for hydroxylation is 1. The molecule has 1 aromatic heterocycles. The van der Waals surface area contributed by atoms with Crippen LogP contribution in [0.1, 0.15) is 16.1 Å². The monoisotopic (exact) mass is 227 g/mol. The number of rotatable bonds is 4. The molecule has 1 heterocycles. The third kappa shape index (κ3) is 2.37. The fourth-order valence-electron chi connectivity index (χ4n) is 1.14. The van der Waals surface area contributed by atoms with Crippen LogP contribution in [0.2, 0.25) is 0 Å². The van der Waals surface area contributed by atoms with Crippen LogP contribution < -0.4 is 5.32 Å². The van der Waals surface area contributed by atoms with Gasteiger partial charge in [-0.1, -0.05) is 0 Å². The first-order chi connectivity index (χ1) is 7.47. The summed E-state index contributed by atoms with van der Waals surface area (Å²) in [6.07, 6.45) is 1.35. The molecule has 0 saturated heterocycles. The van der Waals surface area contributed by atoms with E-state index in [1.807, 2.05) is 0 Å². The van der Waals surface area contributed by atoms with Crippen LogP contribution in [0.25, 0.3) is 0 Å². The maximum Gasteiger partial charge on any atom is 0.328 e. The molecule has 0 aliphatic carbocycles. The number of aliphatic carboxylic acids is 1. The lowest BCUT2D eigenvalue weighted by molar-refractivity contribution is -0.140. The minimum Gasteiger partial charge on any atom is -0.480 e. The van der Waals surface area contributed by atoms with Crippen LogP contribution in [-0.4, -0.2) is 44.5 Å². The number of hydrogen-bond acceptors (Lipinski definition) is 4. The van der Waals surface area contributed by atoms with Crippen LogP contribution in [-0.2, 0) is 11.8 Å². The van der Waals surface area contributed by atoms with Crippen molar-refractivity contribution < 1.29 is 19.8 Å². The zero-order chi connectivity index (χ0) is 12.3. The predicted molar refractivity (Wildman–Crippen MR) is 53.9 cm³/mol. The molecule has 1 rings (SSSR count). The van der Waals surface area contributed by atoms with Crippen LogP contribution in [0.3, 0.4) is 0 Å². The molecule has 3 N–H and O–H groups in total. The Hall–Kier alpha value is -1.89. The average molecular weight is 227 g/mol. The Morgan fingerprint density at radius 1 is 1.62 bits per heavy atom. The summed E-state index contributed by atoms with van der Waals surface area (Å²) in [7, 11) is 1.67. The summed E-state index contributed by atoms with van der Waals surface area (Å²) in [5.41, 5.74) is 0.918. The van der Waals surface area contributed by atoms with Gasteiger partial charge < -0.3 is 15.5 Å². The van der Waals surface area contributed by atoms with Crippen molar-refractivity contribution in [3.05, 3.63) is 17.5 Å². The van der Waals surface area contributed by atoms with E-state index in [0.29, 0.717) is 11.3 Å². The molecular formula is C9H13N3O4. The lowest BCUT2D eigenvalue weighted by Crippen LogP contribution is -2.43. The highest BCUT2D eigenvalue weighted by Gasteiger charge is 2.21. The van der Waals surface area contributed by atoms with Crippen molar-refractivity contribution >= 4 is 11.9 Å². The second kappa shape index (κ2) is 4.75. The van der Waals surface area contributed by atoms with Gasteiger partial charge >= 0.3 is 5.97 Å². The second-order valence-electron chi connectivity index (χ2n) is 3.31. The van der Waals surface area contributed by atoms with Crippen LogP contribution in [0, 0.1) is 6.92 Å². The molecule has 0 spiro atoms. The zero-order valence-electron chi connectivity index (χ0n) is 8.97. The highest BCUT2D eigenvalue weighted by atomic mass is 16.4. The molecule has 0 aliphatic rings. The molecule has 1 atom stereocenters. The molecule has 1 aromatic rings. The minimum atomic E-state index is -1.30. The number of carboxylic acids is 1. The SMILES string of the molecule is Cc1c(C(=O)NC(CO)C(=O)O)cnn1C. The lowest BCUT2D eigenvalue weighted by Gasteiger charge is -2.10. The van der Waals surface area contributed by atoms with Crippen LogP contribution >= 0.6 is 0 Å². The van der Waals surface area contributed by atoms with Crippen molar-refractivity contribution in [3.8, 4) is 0 Å². The predicted octanol–water partition coefficient (Wildman–Crippen LogP) is -1.10. The van der Waals surface area contributed by atoms with Gasteiger partial charge in [-0.3, -0.25) is 9.48 Å². The summed E-state index contributed by atoms with van der Waals surface area (Å²) in [6, 6.07) is -1.30. The number of nitrogens with zero attached hydrogens (tertiary/aromatic N) is 2. The maximum absolute atomic E-state index is 11.6. The van der Waals surface area contributed by atoms with E-state index >= 15 is 0 Å². The minimum absolute atomic E-state index is 0.294. The van der Waals surface area contributed by atoms with Crippen molar-refractivity contribution in [3.63, 3.8) is 0 Å². The number of aliphatic hydroxyl groups is 1. The molecule has 88 valence electrons. The largest absolute Gasteiger partial charge is 0.480 e. The van der Waals surface area contributed by atoms with Crippen LogP contribution in [0.15, 0.2) is 6.20 Å². The number of hydrogen-bond donors (Lipinski definition) is 3. The van der Waals surface area contributed by atoms with E-state index in [0.717, 1.165) is 0 Å². The molecular weight excluding hydrogens is 214 g/mol. The lowest BCUT2D eigenvalue weighted by atomic mass is 10.2. The van der Waals surface area contributed by atoms with Gasteiger partial charge in [0.05, 0.1) is 18.4 Å². The van der Waals surface area contributed by atoms with Gasteiger partial charge in [-0.25, -0.2) is 4.79 Å². The summed E-state index contributed by atoms with van der Waals surface area (Å²) in [5, 5.41) is 23.5. The number of nitrogens with one attached hydrogen (secondary N) is 1. The Morgan fingerprint density at radius 3 is 2.62 bits per heavy atom. The topological polar surface area (TPSA) is 104 Å². The Labute approximate surface area is 91.7 Å². The molecule has 0 aromatic carbocycles. The summed E-state index contributed by atoms with van der Waals surface area (Å²) in [6.45, 7) is 1.04. The Balaban J connectivity index is 2.80. The second-order valence-corrected chi connectivity index (χ2v) is 3.31. The summed E-state index contributed by atoms with van der Waals surface area (Å²) < 4.78 is 1.50. The number of carbonyl (C=O) groups excluding carboxylic acids is 1. The van der Waals surface area contributed by atoms with E-state index in [1.165, 1.54) is 10.9 Å². The molecule has 0 aliphatic heterocycles. The third-order valence-corrected chi connectivity index (χ3v) is 2.27. The van der Waals surface area contributed by atoms with E-state index < -0.39 is 24.5 Å². The molecule has 16 heavy (non-hydrogen) atoms. The molecule has 1 unspecified atom stereocenters. The van der Waals surface area contributed by atoms with Crippen LogP contribution in [0.4, 0.5) is 0 Å². The smallest absolute Gasteiger partial charge is 0.328 e. The first-order valence-electron chi connectivity index (χ1n) is 4.60. The fourth-order valence-corrected chi connectivity index (χ4v) is 1.14. The Kier molecular flexibility index (Phi) is 3.62. The maximum atomic E-state index is 11.6. The van der Waals surface area contributed by atoms with Gasteiger partial charge in [-0.2, -0.15) is 5.10 Å². The van der Waals surface area contributed by atoms with Crippen molar-refractivity contribution in [1.82, 2.24) is 15.1 Å². The van der Waals surface area contributed by atoms with E-state index in [2.05, 4.69) is 10.4 Å². The normalized spacial score (nSPS) is 12.2. The van der Waals surface area contributed by atoms with Gasteiger partial charge in [0.1, 0.15) is 0 Å². The molecule has 7 nitrogen and oxygen atoms in total. The first kappa shape index (κ1) is 12.2. The van der Waals surface area contributed by atoms with Gasteiger partial charge in [0.15, 0.2) is 6.04 Å². The number of carboxylic acid groups (broad SMARTS) is 1. The third-order valence-electron chi connectivity index (χ3n) is 2.27. The number of aromatic nitrogens is 2. The fraction of sp³-hybridized carbons (Fsp3) is 0.444. The highest BCUT2D eigenvalue weighted by Crippen LogP contribution is 2.05. The van der Waals surface area contributed by atoms with Crippen molar-refractivity contribution in [2.75, 3.05) is 6.61 Å². The van der Waals surface area contributed by atoms with Gasteiger partial charge in [0.2, 0.25) is 0 Å². The van der Waals surface area contributed by atoms with Gasteiger partial charge in [0, 0.05) is 12.7 Å². The van der Waals surface area contributed by atoms with Crippen LogP contribution in [0.5, 0.6) is 0 Å². The Bertz CT molecular complexity index is 413. The van der Waals surface area contributed by atoms with Gasteiger partial charge in [-0.15, -0.1) is 0 Å². The van der Waals surface area contributed by atoms with E-state index in [1.54, 1.807) is 14.0 Å².